The van der Waals surface area contributed by atoms with Crippen LogP contribution in [-0.2, 0) is 24.0 Å². The number of carboxylic acid groups (broad SMARTS) is 1. The average molecular weight is 473 g/mol. The van der Waals surface area contributed by atoms with Gasteiger partial charge in [0.15, 0.2) is 5.96 Å². The molecule has 0 aromatic heterocycles. The third-order valence-electron chi connectivity index (χ3n) is 4.83. The Bertz CT molecular complexity index is 725. The molecular weight excluding hydrogens is 436 g/mol. The van der Waals surface area contributed by atoms with E-state index >= 15 is 0 Å². The number of carboxylic acids is 1. The number of rotatable bonds is 16. The Kier molecular flexibility index (Phi) is 13.8. The van der Waals surface area contributed by atoms with E-state index in [1.54, 1.807) is 13.8 Å². The average Bonchev–Trinajstić information content (AvgIpc) is 2.74. The summed E-state index contributed by atoms with van der Waals surface area (Å²) < 4.78 is 0. The van der Waals surface area contributed by atoms with Crippen LogP contribution in [0.4, 0.5) is 0 Å². The van der Waals surface area contributed by atoms with Crippen molar-refractivity contribution in [1.29, 1.82) is 0 Å². The molecule has 0 saturated carbocycles. The zero-order valence-electron chi connectivity index (χ0n) is 19.0. The molecule has 0 aromatic carbocycles. The molecule has 0 rings (SSSR count). The minimum absolute atomic E-state index is 0.0628. The lowest BCUT2D eigenvalue weighted by Crippen LogP contribution is -2.56. The Hall–Kier alpha value is -3.42. The van der Waals surface area contributed by atoms with Crippen LogP contribution in [0, 0.1) is 5.92 Å². The molecule has 4 unspecified atom stereocenters. The fourth-order valence-corrected chi connectivity index (χ4v) is 2.68. The molecule has 0 radical (unpaired) electrons. The number of aliphatic carboxylic acids is 1. The van der Waals surface area contributed by atoms with E-state index in [9.17, 15) is 29.1 Å². The van der Waals surface area contributed by atoms with E-state index in [4.69, 9.17) is 22.9 Å². The highest BCUT2D eigenvalue weighted by Gasteiger charge is 2.30. The van der Waals surface area contributed by atoms with Crippen LogP contribution in [0.3, 0.4) is 0 Å². The van der Waals surface area contributed by atoms with Gasteiger partial charge < -0.3 is 44.0 Å². The Labute approximate surface area is 192 Å². The summed E-state index contributed by atoms with van der Waals surface area (Å²) in [6.45, 7) is 3.38. The maximum atomic E-state index is 12.6. The number of carbonyl (C=O) groups is 5. The summed E-state index contributed by atoms with van der Waals surface area (Å²) in [6, 6.07) is -3.27. The molecular formula is C19H36N8O6. The predicted molar refractivity (Wildman–Crippen MR) is 120 cm³/mol. The fourth-order valence-electron chi connectivity index (χ4n) is 2.68. The first kappa shape index (κ1) is 29.6. The summed E-state index contributed by atoms with van der Waals surface area (Å²) in [5, 5.41) is 16.5. The van der Waals surface area contributed by atoms with Gasteiger partial charge in [0.2, 0.25) is 23.6 Å². The van der Waals surface area contributed by atoms with Gasteiger partial charge in [0.25, 0.3) is 0 Å². The van der Waals surface area contributed by atoms with Gasteiger partial charge >= 0.3 is 5.97 Å². The molecule has 0 aliphatic carbocycles. The van der Waals surface area contributed by atoms with Crippen molar-refractivity contribution in [3.63, 3.8) is 0 Å². The number of hydrogen-bond donors (Lipinski definition) is 8. The molecule has 4 atom stereocenters. The first-order valence-corrected chi connectivity index (χ1v) is 10.6. The second-order valence-electron chi connectivity index (χ2n) is 7.61. The van der Waals surface area contributed by atoms with Crippen molar-refractivity contribution in [2.24, 2.45) is 33.8 Å². The molecule has 0 fully saturated rings. The number of guanidine groups is 1. The second kappa shape index (κ2) is 15.4. The summed E-state index contributed by atoms with van der Waals surface area (Å²) in [4.78, 5) is 63.1. The zero-order valence-corrected chi connectivity index (χ0v) is 19.0. The van der Waals surface area contributed by atoms with Gasteiger partial charge in [0, 0.05) is 13.0 Å². The van der Waals surface area contributed by atoms with E-state index < -0.39 is 54.3 Å². The summed E-state index contributed by atoms with van der Waals surface area (Å²) in [6.07, 6.45) is 0.856. The van der Waals surface area contributed by atoms with Gasteiger partial charge in [0.05, 0.1) is 12.6 Å². The summed E-state index contributed by atoms with van der Waals surface area (Å²) in [5.41, 5.74) is 21.2. The monoisotopic (exact) mass is 472 g/mol. The van der Waals surface area contributed by atoms with Crippen LogP contribution in [0.5, 0.6) is 0 Å². The van der Waals surface area contributed by atoms with Crippen LogP contribution < -0.4 is 38.9 Å². The second-order valence-corrected chi connectivity index (χ2v) is 7.61. The van der Waals surface area contributed by atoms with Crippen LogP contribution in [0.2, 0.25) is 0 Å². The van der Waals surface area contributed by atoms with Crippen LogP contribution >= 0.6 is 0 Å². The van der Waals surface area contributed by atoms with Gasteiger partial charge in [-0.2, -0.15) is 0 Å². The largest absolute Gasteiger partial charge is 0.480 e. The Morgan fingerprint density at radius 3 is 2.15 bits per heavy atom. The van der Waals surface area contributed by atoms with Gasteiger partial charge in [0.1, 0.15) is 12.1 Å². The molecule has 0 saturated heterocycles. The Morgan fingerprint density at radius 1 is 1.00 bits per heavy atom. The zero-order chi connectivity index (χ0) is 25.6. The van der Waals surface area contributed by atoms with Crippen LogP contribution in [0.1, 0.15) is 46.0 Å². The molecule has 0 bridgehead atoms. The van der Waals surface area contributed by atoms with Crippen molar-refractivity contribution >= 4 is 35.6 Å². The van der Waals surface area contributed by atoms with Crippen molar-refractivity contribution < 1.29 is 29.1 Å². The van der Waals surface area contributed by atoms with Crippen LogP contribution in [0.15, 0.2) is 4.99 Å². The smallest absolute Gasteiger partial charge is 0.326 e. The maximum absolute atomic E-state index is 12.6. The van der Waals surface area contributed by atoms with E-state index in [-0.39, 0.29) is 24.7 Å². The summed E-state index contributed by atoms with van der Waals surface area (Å²) in [5.74, 6) is -4.37. The molecule has 12 N–H and O–H groups in total. The SMILES string of the molecule is CCC(C)C(NC(=O)CNC(=O)C(N)CCCN=C(N)N)C(=O)NC(CCC(N)=O)C(=O)O. The highest BCUT2D eigenvalue weighted by Crippen LogP contribution is 2.09. The number of amides is 4. The number of aliphatic imine (C=N–C) groups is 1. The molecule has 0 spiro atoms. The molecule has 14 nitrogen and oxygen atoms in total. The summed E-state index contributed by atoms with van der Waals surface area (Å²) in [7, 11) is 0. The number of hydrogen-bond acceptors (Lipinski definition) is 7. The lowest BCUT2D eigenvalue weighted by molar-refractivity contribution is -0.143. The van der Waals surface area contributed by atoms with Gasteiger partial charge in [-0.05, 0) is 25.2 Å². The third kappa shape index (κ3) is 12.9. The maximum Gasteiger partial charge on any atom is 0.326 e. The van der Waals surface area contributed by atoms with Crippen molar-refractivity contribution in [3.05, 3.63) is 0 Å². The first-order chi connectivity index (χ1) is 15.4. The molecule has 0 heterocycles. The molecule has 0 aliphatic rings. The highest BCUT2D eigenvalue weighted by molar-refractivity contribution is 5.92. The standard InChI is InChI=1S/C19H36N8O6/c1-3-10(2)15(17(31)26-12(18(32)33)6-7-13(21)28)27-14(29)9-25-16(30)11(20)5-4-8-24-19(22)23/h10-12,15H,3-9,20H2,1-2H3,(H2,21,28)(H,25,30)(H,26,31)(H,27,29)(H,32,33)(H4,22,23,24). The van der Waals surface area contributed by atoms with Crippen molar-refractivity contribution in [3.8, 4) is 0 Å². The van der Waals surface area contributed by atoms with E-state index in [1.807, 2.05) is 0 Å². The number of nitrogens with one attached hydrogen (secondary N) is 3. The van der Waals surface area contributed by atoms with E-state index in [1.165, 1.54) is 0 Å². The summed E-state index contributed by atoms with van der Waals surface area (Å²) >= 11 is 0. The van der Waals surface area contributed by atoms with Crippen molar-refractivity contribution in [2.75, 3.05) is 13.1 Å². The topological polar surface area (TPSA) is 258 Å². The van der Waals surface area contributed by atoms with Crippen molar-refractivity contribution in [1.82, 2.24) is 16.0 Å². The van der Waals surface area contributed by atoms with Gasteiger partial charge in [-0.3, -0.25) is 24.2 Å². The predicted octanol–water partition coefficient (Wildman–Crippen LogP) is -3.15. The minimum Gasteiger partial charge on any atom is -0.480 e. The Morgan fingerprint density at radius 2 is 1.64 bits per heavy atom. The molecule has 188 valence electrons. The number of nitrogens with two attached hydrogens (primary N) is 4. The van der Waals surface area contributed by atoms with Crippen molar-refractivity contribution in [2.45, 2.75) is 64.1 Å². The lowest BCUT2D eigenvalue weighted by Gasteiger charge is -2.25. The quantitative estimate of drug-likeness (QED) is 0.0639. The number of carbonyl (C=O) groups excluding carboxylic acids is 4. The van der Waals surface area contributed by atoms with Crippen LogP contribution in [-0.4, -0.2) is 71.9 Å². The third-order valence-corrected chi connectivity index (χ3v) is 4.83. The van der Waals surface area contributed by atoms with Gasteiger partial charge in [-0.25, -0.2) is 4.79 Å². The number of primary amides is 1. The molecule has 14 heteroatoms. The first-order valence-electron chi connectivity index (χ1n) is 10.6. The van der Waals surface area contributed by atoms with Crippen LogP contribution in [0.25, 0.3) is 0 Å². The van der Waals surface area contributed by atoms with Gasteiger partial charge in [-0.1, -0.05) is 20.3 Å². The van der Waals surface area contributed by atoms with E-state index in [2.05, 4.69) is 20.9 Å². The molecule has 0 aliphatic heterocycles. The van der Waals surface area contributed by atoms with E-state index in [0.29, 0.717) is 25.8 Å². The fraction of sp³-hybridized carbons (Fsp3) is 0.684. The minimum atomic E-state index is -1.34. The van der Waals surface area contributed by atoms with Gasteiger partial charge in [-0.15, -0.1) is 0 Å². The lowest BCUT2D eigenvalue weighted by atomic mass is 9.97. The Balaban J connectivity index is 4.84. The number of nitrogens with zero attached hydrogens (tertiary/aromatic N) is 1. The highest BCUT2D eigenvalue weighted by atomic mass is 16.4. The molecule has 4 amide bonds. The van der Waals surface area contributed by atoms with E-state index in [0.717, 1.165) is 0 Å². The molecule has 33 heavy (non-hydrogen) atoms. The molecule has 0 aromatic rings. The normalized spacial score (nSPS) is 14.2.